The SMILES string of the molecule is COCCN1CCCN(C(=O)CC(C)C2CCCNC2)CC1. The Balaban J connectivity index is 1.74. The molecule has 0 spiro atoms. The van der Waals surface area contributed by atoms with E-state index in [-0.39, 0.29) is 0 Å². The van der Waals surface area contributed by atoms with Gasteiger partial charge in [-0.15, -0.1) is 0 Å². The van der Waals surface area contributed by atoms with Gasteiger partial charge in [0.15, 0.2) is 0 Å². The highest BCUT2D eigenvalue weighted by atomic mass is 16.5. The summed E-state index contributed by atoms with van der Waals surface area (Å²) in [5, 5.41) is 3.46. The van der Waals surface area contributed by atoms with E-state index >= 15 is 0 Å². The molecule has 2 heterocycles. The monoisotopic (exact) mass is 311 g/mol. The van der Waals surface area contributed by atoms with Gasteiger partial charge < -0.3 is 15.0 Å². The van der Waals surface area contributed by atoms with Crippen LogP contribution in [0.25, 0.3) is 0 Å². The average Bonchev–Trinajstić information content (AvgIpc) is 2.79. The zero-order valence-electron chi connectivity index (χ0n) is 14.4. The normalized spacial score (nSPS) is 25.7. The van der Waals surface area contributed by atoms with Crippen LogP contribution in [0.3, 0.4) is 0 Å². The number of amides is 1. The van der Waals surface area contributed by atoms with Crippen LogP contribution in [0.5, 0.6) is 0 Å². The molecule has 0 bridgehead atoms. The molecule has 0 aliphatic carbocycles. The van der Waals surface area contributed by atoms with Gasteiger partial charge in [0.2, 0.25) is 5.91 Å². The number of carbonyl (C=O) groups excluding carboxylic acids is 1. The molecule has 2 aliphatic heterocycles. The lowest BCUT2D eigenvalue weighted by Gasteiger charge is -2.30. The summed E-state index contributed by atoms with van der Waals surface area (Å²) in [7, 11) is 1.75. The van der Waals surface area contributed by atoms with Crippen molar-refractivity contribution >= 4 is 5.91 Å². The Labute approximate surface area is 135 Å². The highest BCUT2D eigenvalue weighted by molar-refractivity contribution is 5.76. The van der Waals surface area contributed by atoms with Gasteiger partial charge in [-0.3, -0.25) is 9.69 Å². The summed E-state index contributed by atoms with van der Waals surface area (Å²) >= 11 is 0. The molecule has 0 saturated carbocycles. The van der Waals surface area contributed by atoms with Gasteiger partial charge in [0.05, 0.1) is 6.61 Å². The average molecular weight is 311 g/mol. The summed E-state index contributed by atoms with van der Waals surface area (Å²) in [6.07, 6.45) is 4.31. The van der Waals surface area contributed by atoms with Gasteiger partial charge >= 0.3 is 0 Å². The Bertz CT molecular complexity index is 332. The topological polar surface area (TPSA) is 44.8 Å². The lowest BCUT2D eigenvalue weighted by molar-refractivity contribution is -0.132. The van der Waals surface area contributed by atoms with Crippen molar-refractivity contribution in [3.8, 4) is 0 Å². The van der Waals surface area contributed by atoms with Gasteiger partial charge in [0.1, 0.15) is 0 Å². The Morgan fingerprint density at radius 1 is 1.27 bits per heavy atom. The smallest absolute Gasteiger partial charge is 0.222 e. The minimum atomic E-state index is 0.353. The summed E-state index contributed by atoms with van der Waals surface area (Å²) in [6, 6.07) is 0. The molecule has 2 fully saturated rings. The molecular weight excluding hydrogens is 278 g/mol. The molecule has 22 heavy (non-hydrogen) atoms. The number of hydrogen-bond donors (Lipinski definition) is 1. The molecular formula is C17H33N3O2. The minimum Gasteiger partial charge on any atom is -0.383 e. The van der Waals surface area contributed by atoms with E-state index < -0.39 is 0 Å². The third kappa shape index (κ3) is 5.52. The van der Waals surface area contributed by atoms with Crippen molar-refractivity contribution < 1.29 is 9.53 Å². The van der Waals surface area contributed by atoms with Crippen molar-refractivity contribution in [2.24, 2.45) is 11.8 Å². The fraction of sp³-hybridized carbons (Fsp3) is 0.941. The first-order valence-electron chi connectivity index (χ1n) is 8.90. The molecule has 2 aliphatic rings. The van der Waals surface area contributed by atoms with Gasteiger partial charge in [-0.05, 0) is 50.7 Å². The maximum absolute atomic E-state index is 12.6. The van der Waals surface area contributed by atoms with E-state index in [2.05, 4.69) is 22.0 Å². The van der Waals surface area contributed by atoms with Gasteiger partial charge in [-0.1, -0.05) is 6.92 Å². The van der Waals surface area contributed by atoms with Crippen LogP contribution < -0.4 is 5.32 Å². The molecule has 2 unspecified atom stereocenters. The van der Waals surface area contributed by atoms with Gasteiger partial charge in [0, 0.05) is 39.7 Å². The maximum Gasteiger partial charge on any atom is 0.222 e. The Morgan fingerprint density at radius 3 is 2.86 bits per heavy atom. The lowest BCUT2D eigenvalue weighted by atomic mass is 9.85. The number of nitrogens with one attached hydrogen (secondary N) is 1. The number of carbonyl (C=O) groups is 1. The number of ether oxygens (including phenoxy) is 1. The van der Waals surface area contributed by atoms with Crippen molar-refractivity contribution in [1.82, 2.24) is 15.1 Å². The Kier molecular flexibility index (Phi) is 7.63. The first-order chi connectivity index (χ1) is 10.7. The first-order valence-corrected chi connectivity index (χ1v) is 8.90. The van der Waals surface area contributed by atoms with Crippen LogP contribution in [0.4, 0.5) is 0 Å². The molecule has 1 amide bonds. The molecule has 128 valence electrons. The highest BCUT2D eigenvalue weighted by Crippen LogP contribution is 2.23. The molecule has 2 rings (SSSR count). The van der Waals surface area contributed by atoms with Gasteiger partial charge in [0.25, 0.3) is 0 Å². The molecule has 5 heteroatoms. The highest BCUT2D eigenvalue weighted by Gasteiger charge is 2.25. The quantitative estimate of drug-likeness (QED) is 0.800. The van der Waals surface area contributed by atoms with Gasteiger partial charge in [-0.2, -0.15) is 0 Å². The minimum absolute atomic E-state index is 0.353. The number of hydrogen-bond acceptors (Lipinski definition) is 4. The standard InChI is InChI=1S/C17H33N3O2/c1-15(16-5-3-6-18-14-16)13-17(21)20-8-4-7-19(9-10-20)11-12-22-2/h15-16,18H,3-14H2,1-2H3. The first kappa shape index (κ1) is 17.7. The molecule has 0 aromatic carbocycles. The summed E-state index contributed by atoms with van der Waals surface area (Å²) in [5.41, 5.74) is 0. The summed E-state index contributed by atoms with van der Waals surface area (Å²) < 4.78 is 5.15. The van der Waals surface area contributed by atoms with Crippen LogP contribution in [0.15, 0.2) is 0 Å². The van der Waals surface area contributed by atoms with Crippen LogP contribution in [0.2, 0.25) is 0 Å². The van der Waals surface area contributed by atoms with Crippen LogP contribution in [0.1, 0.15) is 32.6 Å². The van der Waals surface area contributed by atoms with E-state index in [0.29, 0.717) is 24.2 Å². The van der Waals surface area contributed by atoms with E-state index in [1.807, 2.05) is 0 Å². The van der Waals surface area contributed by atoms with Crippen LogP contribution in [-0.2, 0) is 9.53 Å². The maximum atomic E-state index is 12.6. The molecule has 1 N–H and O–H groups in total. The molecule has 2 atom stereocenters. The van der Waals surface area contributed by atoms with Crippen LogP contribution in [0, 0.1) is 11.8 Å². The fourth-order valence-corrected chi connectivity index (χ4v) is 3.60. The number of methoxy groups -OCH3 is 1. The second-order valence-electron chi connectivity index (χ2n) is 6.86. The second-order valence-corrected chi connectivity index (χ2v) is 6.86. The van der Waals surface area contributed by atoms with E-state index in [1.54, 1.807) is 7.11 Å². The van der Waals surface area contributed by atoms with E-state index in [4.69, 9.17) is 4.74 Å². The Hall–Kier alpha value is -0.650. The number of piperidine rings is 1. The van der Waals surface area contributed by atoms with Crippen molar-refractivity contribution in [2.75, 3.05) is 59.5 Å². The molecule has 0 aromatic rings. The lowest BCUT2D eigenvalue weighted by Crippen LogP contribution is -2.39. The van der Waals surface area contributed by atoms with Crippen molar-refractivity contribution in [3.05, 3.63) is 0 Å². The third-order valence-corrected chi connectivity index (χ3v) is 5.19. The predicted octanol–water partition coefficient (Wildman–Crippen LogP) is 1.19. The summed E-state index contributed by atoms with van der Waals surface area (Å²) in [4.78, 5) is 17.1. The van der Waals surface area contributed by atoms with Crippen LogP contribution in [-0.4, -0.2) is 75.2 Å². The predicted molar refractivity (Wildman–Crippen MR) is 88.9 cm³/mol. The number of nitrogens with zero attached hydrogens (tertiary/aromatic N) is 2. The zero-order valence-corrected chi connectivity index (χ0v) is 14.4. The van der Waals surface area contributed by atoms with Crippen molar-refractivity contribution in [1.29, 1.82) is 0 Å². The zero-order chi connectivity index (χ0) is 15.8. The second kappa shape index (κ2) is 9.48. The largest absolute Gasteiger partial charge is 0.383 e. The summed E-state index contributed by atoms with van der Waals surface area (Å²) in [6.45, 7) is 10.1. The van der Waals surface area contributed by atoms with E-state index in [9.17, 15) is 4.79 Å². The fourth-order valence-electron chi connectivity index (χ4n) is 3.60. The van der Waals surface area contributed by atoms with Gasteiger partial charge in [-0.25, -0.2) is 0 Å². The molecule has 0 radical (unpaired) electrons. The molecule has 5 nitrogen and oxygen atoms in total. The number of rotatable bonds is 6. The summed E-state index contributed by atoms with van der Waals surface area (Å²) in [5.74, 6) is 1.52. The Morgan fingerprint density at radius 2 is 2.14 bits per heavy atom. The van der Waals surface area contributed by atoms with Crippen molar-refractivity contribution in [2.45, 2.75) is 32.6 Å². The van der Waals surface area contributed by atoms with E-state index in [1.165, 1.54) is 12.8 Å². The van der Waals surface area contributed by atoms with Crippen molar-refractivity contribution in [3.63, 3.8) is 0 Å². The van der Waals surface area contributed by atoms with E-state index in [0.717, 1.165) is 58.8 Å². The van der Waals surface area contributed by atoms with Crippen LogP contribution >= 0.6 is 0 Å². The molecule has 2 saturated heterocycles. The molecule has 0 aromatic heterocycles. The third-order valence-electron chi connectivity index (χ3n) is 5.19.